The zero-order valence-electron chi connectivity index (χ0n) is 14.4. The highest BCUT2D eigenvalue weighted by Crippen LogP contribution is 2.32. The normalized spacial score (nSPS) is 14.3. The van der Waals surface area contributed by atoms with Crippen LogP contribution in [0.1, 0.15) is 10.4 Å². The number of benzene rings is 2. The molecule has 0 atom stereocenters. The highest BCUT2D eigenvalue weighted by atomic mass is 16.5. The van der Waals surface area contributed by atoms with E-state index in [4.69, 9.17) is 9.47 Å². The number of phenols is 1. The maximum atomic E-state index is 12.5. The van der Waals surface area contributed by atoms with Gasteiger partial charge in [-0.2, -0.15) is 0 Å². The van der Waals surface area contributed by atoms with E-state index in [2.05, 4.69) is 4.90 Å². The molecular weight excluding hydrogens is 320 g/mol. The Bertz CT molecular complexity index is 738. The maximum Gasteiger partial charge on any atom is 0.253 e. The molecule has 6 heteroatoms. The number of rotatable bonds is 4. The molecule has 2 aromatic rings. The minimum Gasteiger partial charge on any atom is -0.508 e. The zero-order chi connectivity index (χ0) is 17.8. The van der Waals surface area contributed by atoms with Gasteiger partial charge in [0.2, 0.25) is 0 Å². The molecule has 0 unspecified atom stereocenters. The number of methoxy groups -OCH3 is 2. The Morgan fingerprint density at radius 1 is 0.960 bits per heavy atom. The number of hydrogen-bond acceptors (Lipinski definition) is 5. The van der Waals surface area contributed by atoms with Crippen LogP contribution in [-0.4, -0.2) is 56.3 Å². The second-order valence-electron chi connectivity index (χ2n) is 5.86. The summed E-state index contributed by atoms with van der Waals surface area (Å²) in [5.41, 5.74) is 1.59. The number of anilines is 1. The van der Waals surface area contributed by atoms with E-state index in [0.717, 1.165) is 30.3 Å². The van der Waals surface area contributed by atoms with E-state index in [1.54, 1.807) is 26.4 Å². The Balaban J connectivity index is 1.67. The third kappa shape index (κ3) is 3.63. The number of amides is 1. The number of carbonyl (C=O) groups is 1. The Hall–Kier alpha value is -2.89. The minimum absolute atomic E-state index is 0.0126. The molecule has 132 valence electrons. The van der Waals surface area contributed by atoms with Gasteiger partial charge in [-0.05, 0) is 36.4 Å². The first kappa shape index (κ1) is 17.0. The molecule has 1 saturated heterocycles. The largest absolute Gasteiger partial charge is 0.508 e. The SMILES string of the molecule is COc1ccc(N2CCN(C(=O)c3ccc(O)cc3)CC2)c(OC)c1. The Morgan fingerprint density at radius 2 is 1.64 bits per heavy atom. The number of ether oxygens (including phenoxy) is 2. The number of aromatic hydroxyl groups is 1. The summed E-state index contributed by atoms with van der Waals surface area (Å²) in [4.78, 5) is 16.6. The molecular formula is C19H22N2O4. The molecule has 2 aromatic carbocycles. The van der Waals surface area contributed by atoms with Crippen LogP contribution in [0.3, 0.4) is 0 Å². The summed E-state index contributed by atoms with van der Waals surface area (Å²) in [6.45, 7) is 2.73. The maximum absolute atomic E-state index is 12.5. The predicted molar refractivity (Wildman–Crippen MR) is 95.8 cm³/mol. The molecule has 0 radical (unpaired) electrons. The molecule has 0 spiro atoms. The van der Waals surface area contributed by atoms with Gasteiger partial charge in [-0.3, -0.25) is 4.79 Å². The predicted octanol–water partition coefficient (Wildman–Crippen LogP) is 2.37. The fourth-order valence-corrected chi connectivity index (χ4v) is 2.98. The Kier molecular flexibility index (Phi) is 4.97. The molecule has 1 amide bonds. The second-order valence-corrected chi connectivity index (χ2v) is 5.86. The average molecular weight is 342 g/mol. The number of hydrogen-bond donors (Lipinski definition) is 1. The first-order chi connectivity index (χ1) is 12.1. The average Bonchev–Trinajstić information content (AvgIpc) is 2.67. The van der Waals surface area contributed by atoms with E-state index in [1.165, 1.54) is 12.1 Å². The summed E-state index contributed by atoms with van der Waals surface area (Å²) >= 11 is 0. The lowest BCUT2D eigenvalue weighted by Crippen LogP contribution is -2.48. The smallest absolute Gasteiger partial charge is 0.253 e. The van der Waals surface area contributed by atoms with Crippen LogP contribution in [0.5, 0.6) is 17.2 Å². The van der Waals surface area contributed by atoms with Crippen molar-refractivity contribution in [1.82, 2.24) is 4.90 Å². The van der Waals surface area contributed by atoms with Crippen molar-refractivity contribution in [2.45, 2.75) is 0 Å². The van der Waals surface area contributed by atoms with Crippen LogP contribution in [0.25, 0.3) is 0 Å². The topological polar surface area (TPSA) is 62.2 Å². The molecule has 0 aromatic heterocycles. The highest BCUT2D eigenvalue weighted by molar-refractivity contribution is 5.94. The minimum atomic E-state index is -0.0126. The highest BCUT2D eigenvalue weighted by Gasteiger charge is 2.24. The van der Waals surface area contributed by atoms with Gasteiger partial charge in [0.15, 0.2) is 0 Å². The molecule has 25 heavy (non-hydrogen) atoms. The molecule has 0 aliphatic carbocycles. The van der Waals surface area contributed by atoms with Gasteiger partial charge in [0.05, 0.1) is 19.9 Å². The summed E-state index contributed by atoms with van der Waals surface area (Å²) in [7, 11) is 3.27. The van der Waals surface area contributed by atoms with E-state index < -0.39 is 0 Å². The fraction of sp³-hybridized carbons (Fsp3) is 0.316. The molecule has 1 aliphatic rings. The molecule has 1 aliphatic heterocycles. The van der Waals surface area contributed by atoms with Gasteiger partial charge in [0.25, 0.3) is 5.91 Å². The van der Waals surface area contributed by atoms with Crippen molar-refractivity contribution in [1.29, 1.82) is 0 Å². The van der Waals surface area contributed by atoms with Gasteiger partial charge >= 0.3 is 0 Å². The monoisotopic (exact) mass is 342 g/mol. The first-order valence-corrected chi connectivity index (χ1v) is 8.17. The van der Waals surface area contributed by atoms with Crippen LogP contribution in [-0.2, 0) is 0 Å². The van der Waals surface area contributed by atoms with Crippen LogP contribution in [0, 0.1) is 0 Å². The zero-order valence-corrected chi connectivity index (χ0v) is 14.4. The lowest BCUT2D eigenvalue weighted by molar-refractivity contribution is 0.0746. The van der Waals surface area contributed by atoms with Crippen molar-refractivity contribution in [2.75, 3.05) is 45.3 Å². The Labute approximate surface area is 147 Å². The van der Waals surface area contributed by atoms with Gasteiger partial charge in [-0.25, -0.2) is 0 Å². The van der Waals surface area contributed by atoms with Crippen molar-refractivity contribution in [3.63, 3.8) is 0 Å². The van der Waals surface area contributed by atoms with Gasteiger partial charge in [-0.15, -0.1) is 0 Å². The summed E-state index contributed by atoms with van der Waals surface area (Å²) < 4.78 is 10.7. The Morgan fingerprint density at radius 3 is 2.24 bits per heavy atom. The van der Waals surface area contributed by atoms with E-state index in [1.807, 2.05) is 23.1 Å². The van der Waals surface area contributed by atoms with Crippen LogP contribution in [0.15, 0.2) is 42.5 Å². The first-order valence-electron chi connectivity index (χ1n) is 8.17. The van der Waals surface area contributed by atoms with E-state index in [9.17, 15) is 9.90 Å². The molecule has 0 saturated carbocycles. The number of carbonyl (C=O) groups excluding carboxylic acids is 1. The quantitative estimate of drug-likeness (QED) is 0.924. The molecule has 1 fully saturated rings. The summed E-state index contributed by atoms with van der Waals surface area (Å²) in [5, 5.41) is 9.34. The molecule has 1 heterocycles. The van der Waals surface area contributed by atoms with E-state index >= 15 is 0 Å². The van der Waals surface area contributed by atoms with Crippen LogP contribution >= 0.6 is 0 Å². The standard InChI is InChI=1S/C19H22N2O4/c1-24-16-7-8-17(18(13-16)25-2)20-9-11-21(12-10-20)19(23)14-3-5-15(22)6-4-14/h3-8,13,22H,9-12H2,1-2H3. The van der Waals surface area contributed by atoms with Crippen LogP contribution in [0.2, 0.25) is 0 Å². The van der Waals surface area contributed by atoms with Gasteiger partial charge < -0.3 is 24.4 Å². The number of piperazine rings is 1. The number of phenolic OH excluding ortho intramolecular Hbond substituents is 1. The van der Waals surface area contributed by atoms with Gasteiger partial charge in [0.1, 0.15) is 17.2 Å². The van der Waals surface area contributed by atoms with E-state index in [0.29, 0.717) is 18.7 Å². The second kappa shape index (κ2) is 7.34. The third-order valence-electron chi connectivity index (χ3n) is 4.41. The van der Waals surface area contributed by atoms with Crippen molar-refractivity contribution in [3.05, 3.63) is 48.0 Å². The molecule has 3 rings (SSSR count). The van der Waals surface area contributed by atoms with Gasteiger partial charge in [0, 0.05) is 37.8 Å². The van der Waals surface area contributed by atoms with Crippen molar-refractivity contribution >= 4 is 11.6 Å². The lowest BCUT2D eigenvalue weighted by atomic mass is 10.1. The summed E-state index contributed by atoms with van der Waals surface area (Å²) in [6.07, 6.45) is 0. The van der Waals surface area contributed by atoms with Crippen LogP contribution < -0.4 is 14.4 Å². The third-order valence-corrected chi connectivity index (χ3v) is 4.41. The molecule has 0 bridgehead atoms. The fourth-order valence-electron chi connectivity index (χ4n) is 2.98. The van der Waals surface area contributed by atoms with Crippen molar-refractivity contribution < 1.29 is 19.4 Å². The summed E-state index contributed by atoms with van der Waals surface area (Å²) in [6, 6.07) is 12.1. The van der Waals surface area contributed by atoms with Gasteiger partial charge in [-0.1, -0.05) is 0 Å². The van der Waals surface area contributed by atoms with Crippen molar-refractivity contribution in [2.24, 2.45) is 0 Å². The van der Waals surface area contributed by atoms with Crippen LogP contribution in [0.4, 0.5) is 5.69 Å². The molecule has 1 N–H and O–H groups in total. The summed E-state index contributed by atoms with van der Waals surface area (Å²) in [5.74, 6) is 1.66. The van der Waals surface area contributed by atoms with Crippen molar-refractivity contribution in [3.8, 4) is 17.2 Å². The molecule has 6 nitrogen and oxygen atoms in total. The number of nitrogens with zero attached hydrogens (tertiary/aromatic N) is 2. The van der Waals surface area contributed by atoms with E-state index in [-0.39, 0.29) is 11.7 Å². The lowest BCUT2D eigenvalue weighted by Gasteiger charge is -2.36.